The van der Waals surface area contributed by atoms with Gasteiger partial charge in [-0.25, -0.2) is 4.98 Å². The van der Waals surface area contributed by atoms with Crippen LogP contribution in [0.5, 0.6) is 0 Å². The largest absolute Gasteiger partial charge is 0.352 e. The van der Waals surface area contributed by atoms with Crippen molar-refractivity contribution in [3.8, 4) is 11.3 Å². The van der Waals surface area contributed by atoms with Crippen molar-refractivity contribution in [3.05, 3.63) is 102 Å². The Labute approximate surface area is 197 Å². The molecule has 0 aliphatic carbocycles. The van der Waals surface area contributed by atoms with E-state index < -0.39 is 11.8 Å². The number of pyridine rings is 1. The molecule has 4 rings (SSSR count). The van der Waals surface area contributed by atoms with Crippen molar-refractivity contribution in [1.82, 2.24) is 21.2 Å². The molecular formula is C27H24N4O3. The van der Waals surface area contributed by atoms with Crippen LogP contribution in [-0.2, 0) is 4.79 Å². The van der Waals surface area contributed by atoms with Crippen LogP contribution < -0.4 is 16.2 Å². The highest BCUT2D eigenvalue weighted by molar-refractivity contribution is 6.07. The molecule has 1 aromatic heterocycles. The first-order chi connectivity index (χ1) is 16.5. The average Bonchev–Trinajstić information content (AvgIpc) is 2.87. The minimum Gasteiger partial charge on any atom is -0.352 e. The standard InChI is InChI=1S/C27H24N4O3/c1-18-11-13-19(14-12-18)24-17-22(21-9-5-6-10-23(21)29-24)27(34)31-30-25(32)15-16-28-26(33)20-7-3-2-4-8-20/h2-14,17H,15-16H2,1H3,(H,28,33)(H,30,32)(H,31,34). The second-order valence-corrected chi connectivity index (χ2v) is 7.81. The second-order valence-electron chi connectivity index (χ2n) is 7.81. The molecule has 0 saturated carbocycles. The third-order valence-electron chi connectivity index (χ3n) is 5.30. The van der Waals surface area contributed by atoms with Gasteiger partial charge in [-0.05, 0) is 31.2 Å². The van der Waals surface area contributed by atoms with Gasteiger partial charge in [0.2, 0.25) is 5.91 Å². The zero-order valence-corrected chi connectivity index (χ0v) is 18.7. The van der Waals surface area contributed by atoms with Gasteiger partial charge in [0.05, 0.1) is 16.8 Å². The first-order valence-electron chi connectivity index (χ1n) is 10.9. The van der Waals surface area contributed by atoms with Crippen molar-refractivity contribution < 1.29 is 14.4 Å². The molecule has 0 aliphatic heterocycles. The molecular weight excluding hydrogens is 428 g/mol. The lowest BCUT2D eigenvalue weighted by Crippen LogP contribution is -2.42. The average molecular weight is 453 g/mol. The van der Waals surface area contributed by atoms with Gasteiger partial charge in [-0.3, -0.25) is 25.2 Å². The van der Waals surface area contributed by atoms with Crippen molar-refractivity contribution >= 4 is 28.6 Å². The van der Waals surface area contributed by atoms with Gasteiger partial charge in [0.25, 0.3) is 11.8 Å². The summed E-state index contributed by atoms with van der Waals surface area (Å²) in [5, 5.41) is 3.36. The van der Waals surface area contributed by atoms with Gasteiger partial charge in [-0.15, -0.1) is 0 Å². The van der Waals surface area contributed by atoms with E-state index in [9.17, 15) is 14.4 Å². The lowest BCUT2D eigenvalue weighted by atomic mass is 10.0. The van der Waals surface area contributed by atoms with Crippen LogP contribution in [0.3, 0.4) is 0 Å². The fraction of sp³-hybridized carbons (Fsp3) is 0.111. The zero-order chi connectivity index (χ0) is 23.9. The Balaban J connectivity index is 1.40. The highest BCUT2D eigenvalue weighted by Gasteiger charge is 2.15. The summed E-state index contributed by atoms with van der Waals surface area (Å²) >= 11 is 0. The third kappa shape index (κ3) is 5.45. The molecule has 0 unspecified atom stereocenters. The van der Waals surface area contributed by atoms with Crippen LogP contribution in [0.4, 0.5) is 0 Å². The predicted molar refractivity (Wildman–Crippen MR) is 131 cm³/mol. The van der Waals surface area contributed by atoms with Gasteiger partial charge in [0.15, 0.2) is 0 Å². The maximum Gasteiger partial charge on any atom is 0.270 e. The Hall–Kier alpha value is -4.52. The van der Waals surface area contributed by atoms with E-state index in [0.29, 0.717) is 27.7 Å². The first kappa shape index (κ1) is 22.7. The topological polar surface area (TPSA) is 100 Å². The maximum atomic E-state index is 12.9. The molecule has 34 heavy (non-hydrogen) atoms. The number of aromatic nitrogens is 1. The first-order valence-corrected chi connectivity index (χ1v) is 10.9. The lowest BCUT2D eigenvalue weighted by molar-refractivity contribution is -0.121. The molecule has 7 nitrogen and oxygen atoms in total. The number of aryl methyl sites for hydroxylation is 1. The van der Waals surface area contributed by atoms with Crippen LogP contribution >= 0.6 is 0 Å². The van der Waals surface area contributed by atoms with Crippen LogP contribution in [0.25, 0.3) is 22.2 Å². The summed E-state index contributed by atoms with van der Waals surface area (Å²) in [6.07, 6.45) is 0.0184. The molecule has 0 fully saturated rings. The summed E-state index contributed by atoms with van der Waals surface area (Å²) in [6.45, 7) is 2.15. The Morgan fingerprint density at radius 1 is 0.794 bits per heavy atom. The molecule has 7 heteroatoms. The summed E-state index contributed by atoms with van der Waals surface area (Å²) in [4.78, 5) is 41.9. The number of nitrogens with one attached hydrogen (secondary N) is 3. The SMILES string of the molecule is Cc1ccc(-c2cc(C(=O)NNC(=O)CCNC(=O)c3ccccc3)c3ccccc3n2)cc1. The van der Waals surface area contributed by atoms with Crippen molar-refractivity contribution in [3.63, 3.8) is 0 Å². The van der Waals surface area contributed by atoms with E-state index >= 15 is 0 Å². The van der Waals surface area contributed by atoms with Crippen molar-refractivity contribution in [2.45, 2.75) is 13.3 Å². The molecule has 3 N–H and O–H groups in total. The van der Waals surface area contributed by atoms with Gasteiger partial charge in [-0.1, -0.05) is 66.2 Å². The number of fused-ring (bicyclic) bond motifs is 1. The molecule has 0 spiro atoms. The molecule has 3 aromatic carbocycles. The van der Waals surface area contributed by atoms with E-state index in [-0.39, 0.29) is 18.9 Å². The van der Waals surface area contributed by atoms with Crippen LogP contribution in [0.2, 0.25) is 0 Å². The number of carbonyl (C=O) groups excluding carboxylic acids is 3. The summed E-state index contributed by atoms with van der Waals surface area (Å²) in [7, 11) is 0. The van der Waals surface area contributed by atoms with E-state index in [1.165, 1.54) is 0 Å². The number of hydrogen-bond donors (Lipinski definition) is 3. The number of nitrogens with zero attached hydrogens (tertiary/aromatic N) is 1. The monoisotopic (exact) mass is 452 g/mol. The summed E-state index contributed by atoms with van der Waals surface area (Å²) < 4.78 is 0. The zero-order valence-electron chi connectivity index (χ0n) is 18.7. The third-order valence-corrected chi connectivity index (χ3v) is 5.30. The summed E-state index contributed by atoms with van der Waals surface area (Å²) in [5.41, 5.74) is 9.17. The smallest absolute Gasteiger partial charge is 0.270 e. The van der Waals surface area contributed by atoms with Gasteiger partial charge < -0.3 is 5.32 Å². The van der Waals surface area contributed by atoms with E-state index in [1.54, 1.807) is 30.3 Å². The van der Waals surface area contributed by atoms with E-state index in [2.05, 4.69) is 21.2 Å². The highest BCUT2D eigenvalue weighted by Crippen LogP contribution is 2.25. The summed E-state index contributed by atoms with van der Waals surface area (Å²) in [5.74, 6) is -1.13. The second kappa shape index (κ2) is 10.4. The number of benzene rings is 3. The fourth-order valence-electron chi connectivity index (χ4n) is 3.47. The van der Waals surface area contributed by atoms with Crippen LogP contribution in [-0.4, -0.2) is 29.3 Å². The van der Waals surface area contributed by atoms with E-state index in [0.717, 1.165) is 11.1 Å². The summed E-state index contributed by atoms with van der Waals surface area (Å²) in [6, 6.07) is 25.7. The predicted octanol–water partition coefficient (Wildman–Crippen LogP) is 3.79. The molecule has 0 radical (unpaired) electrons. The number of para-hydroxylation sites is 1. The molecule has 4 aromatic rings. The molecule has 170 valence electrons. The Kier molecular flexibility index (Phi) is 6.93. The molecule has 0 saturated heterocycles. The van der Waals surface area contributed by atoms with E-state index in [1.807, 2.05) is 61.5 Å². The van der Waals surface area contributed by atoms with Crippen LogP contribution in [0.15, 0.2) is 84.9 Å². The normalized spacial score (nSPS) is 10.5. The Morgan fingerprint density at radius 3 is 2.26 bits per heavy atom. The number of amides is 3. The molecule has 0 bridgehead atoms. The minimum absolute atomic E-state index is 0.0184. The number of rotatable bonds is 6. The van der Waals surface area contributed by atoms with Gasteiger partial charge in [0, 0.05) is 29.5 Å². The number of hydrogen-bond acceptors (Lipinski definition) is 4. The Bertz CT molecular complexity index is 1340. The Morgan fingerprint density at radius 2 is 1.50 bits per heavy atom. The number of hydrazine groups is 1. The molecule has 0 atom stereocenters. The fourth-order valence-corrected chi connectivity index (χ4v) is 3.47. The van der Waals surface area contributed by atoms with Crippen LogP contribution in [0.1, 0.15) is 32.7 Å². The van der Waals surface area contributed by atoms with Gasteiger partial charge >= 0.3 is 0 Å². The maximum absolute atomic E-state index is 12.9. The lowest BCUT2D eigenvalue weighted by Gasteiger charge is -2.12. The van der Waals surface area contributed by atoms with Crippen molar-refractivity contribution in [2.75, 3.05) is 6.54 Å². The van der Waals surface area contributed by atoms with Crippen molar-refractivity contribution in [1.29, 1.82) is 0 Å². The highest BCUT2D eigenvalue weighted by atomic mass is 16.2. The van der Waals surface area contributed by atoms with Gasteiger partial charge in [-0.2, -0.15) is 0 Å². The molecule has 3 amide bonds. The number of carbonyl (C=O) groups is 3. The quantitative estimate of drug-likeness (QED) is 0.388. The van der Waals surface area contributed by atoms with Gasteiger partial charge in [0.1, 0.15) is 0 Å². The van der Waals surface area contributed by atoms with Crippen molar-refractivity contribution in [2.24, 2.45) is 0 Å². The molecule has 1 heterocycles. The van der Waals surface area contributed by atoms with E-state index in [4.69, 9.17) is 0 Å². The minimum atomic E-state index is -0.450. The van der Waals surface area contributed by atoms with Crippen LogP contribution in [0, 0.1) is 6.92 Å². The molecule has 0 aliphatic rings.